The van der Waals surface area contributed by atoms with Crippen molar-refractivity contribution in [3.63, 3.8) is 0 Å². The highest BCUT2D eigenvalue weighted by atomic mass is 16.3. The van der Waals surface area contributed by atoms with E-state index in [4.69, 9.17) is 0 Å². The van der Waals surface area contributed by atoms with Crippen molar-refractivity contribution in [3.05, 3.63) is 40.9 Å². The van der Waals surface area contributed by atoms with Crippen LogP contribution in [0.2, 0.25) is 0 Å². The molecule has 88 valence electrons. The van der Waals surface area contributed by atoms with E-state index in [2.05, 4.69) is 4.98 Å². The summed E-state index contributed by atoms with van der Waals surface area (Å²) in [4.78, 5) is 15.7. The van der Waals surface area contributed by atoms with Crippen molar-refractivity contribution in [1.82, 2.24) is 9.55 Å². The van der Waals surface area contributed by atoms with Crippen LogP contribution in [0.4, 0.5) is 0 Å². The topological polar surface area (TPSA) is 55.1 Å². The summed E-state index contributed by atoms with van der Waals surface area (Å²) in [5, 5.41) is 10.6. The van der Waals surface area contributed by atoms with Gasteiger partial charge in [-0.2, -0.15) is 0 Å². The molecule has 1 N–H and O–H groups in total. The molecule has 1 aliphatic rings. The van der Waals surface area contributed by atoms with E-state index in [9.17, 15) is 9.90 Å². The fourth-order valence-electron chi connectivity index (χ4n) is 2.65. The van der Waals surface area contributed by atoms with E-state index in [0.717, 1.165) is 24.8 Å². The Kier molecular flexibility index (Phi) is 2.44. The van der Waals surface area contributed by atoms with Gasteiger partial charge in [-0.3, -0.25) is 9.78 Å². The highest BCUT2D eigenvalue weighted by Gasteiger charge is 2.27. The van der Waals surface area contributed by atoms with Crippen LogP contribution in [0.15, 0.2) is 35.5 Å². The average Bonchev–Trinajstić information content (AvgIpc) is 2.77. The minimum atomic E-state index is -0.311. The van der Waals surface area contributed by atoms with Gasteiger partial charge in [0.05, 0.1) is 23.0 Å². The molecule has 0 aromatic carbocycles. The van der Waals surface area contributed by atoms with E-state index >= 15 is 0 Å². The number of hydrogen-bond acceptors (Lipinski definition) is 3. The molecule has 1 saturated carbocycles. The lowest BCUT2D eigenvalue weighted by Gasteiger charge is -2.20. The van der Waals surface area contributed by atoms with Crippen LogP contribution in [0, 0.1) is 0 Å². The molecule has 0 spiro atoms. The first-order chi connectivity index (χ1) is 8.27. The summed E-state index contributed by atoms with van der Waals surface area (Å²) in [6, 6.07) is 3.47. The van der Waals surface area contributed by atoms with Crippen molar-refractivity contribution in [2.45, 2.75) is 31.4 Å². The molecular weight excluding hydrogens is 216 g/mol. The average molecular weight is 230 g/mol. The summed E-state index contributed by atoms with van der Waals surface area (Å²) in [7, 11) is 0. The minimum Gasteiger partial charge on any atom is -0.391 e. The lowest BCUT2D eigenvalue weighted by atomic mass is 10.1. The lowest BCUT2D eigenvalue weighted by Crippen LogP contribution is -2.20. The number of hydrogen-bond donors (Lipinski definition) is 1. The third-order valence-electron chi connectivity index (χ3n) is 3.53. The zero-order valence-electron chi connectivity index (χ0n) is 9.41. The molecule has 0 saturated heterocycles. The predicted molar refractivity (Wildman–Crippen MR) is 64.9 cm³/mol. The van der Waals surface area contributed by atoms with Crippen LogP contribution < -0.4 is 5.43 Å². The maximum absolute atomic E-state index is 11.7. The van der Waals surface area contributed by atoms with Gasteiger partial charge in [-0.1, -0.05) is 0 Å². The maximum Gasteiger partial charge on any atom is 0.190 e. The quantitative estimate of drug-likeness (QED) is 0.807. The van der Waals surface area contributed by atoms with Gasteiger partial charge in [0.1, 0.15) is 0 Å². The van der Waals surface area contributed by atoms with E-state index in [1.807, 2.05) is 10.6 Å². The van der Waals surface area contributed by atoms with Crippen molar-refractivity contribution < 1.29 is 5.11 Å². The molecule has 0 aliphatic heterocycles. The van der Waals surface area contributed by atoms with Crippen molar-refractivity contribution in [1.29, 1.82) is 0 Å². The summed E-state index contributed by atoms with van der Waals surface area (Å²) >= 11 is 0. The second kappa shape index (κ2) is 3.96. The number of rotatable bonds is 1. The zero-order valence-corrected chi connectivity index (χ0v) is 9.41. The number of pyridine rings is 2. The number of fused-ring (bicyclic) bond motifs is 1. The van der Waals surface area contributed by atoms with E-state index in [0.29, 0.717) is 5.39 Å². The molecule has 2 heterocycles. The first-order valence-corrected chi connectivity index (χ1v) is 5.90. The summed E-state index contributed by atoms with van der Waals surface area (Å²) in [5.41, 5.74) is 0.843. The SMILES string of the molecule is O=c1ccn([C@@H]2CCC[C@@H]2O)c2ccncc12. The molecule has 2 aromatic heterocycles. The van der Waals surface area contributed by atoms with Gasteiger partial charge in [-0.05, 0) is 25.3 Å². The van der Waals surface area contributed by atoms with E-state index in [-0.39, 0.29) is 17.6 Å². The smallest absolute Gasteiger partial charge is 0.190 e. The summed E-state index contributed by atoms with van der Waals surface area (Å²) in [5.74, 6) is 0. The van der Waals surface area contributed by atoms with E-state index in [1.54, 1.807) is 24.7 Å². The third kappa shape index (κ3) is 1.65. The number of aromatic nitrogens is 2. The fraction of sp³-hybridized carbons (Fsp3) is 0.385. The first kappa shape index (κ1) is 10.5. The second-order valence-electron chi connectivity index (χ2n) is 4.55. The van der Waals surface area contributed by atoms with Crippen molar-refractivity contribution >= 4 is 10.9 Å². The van der Waals surface area contributed by atoms with Crippen LogP contribution in [0.3, 0.4) is 0 Å². The highest BCUT2D eigenvalue weighted by Crippen LogP contribution is 2.31. The zero-order chi connectivity index (χ0) is 11.8. The Hall–Kier alpha value is -1.68. The highest BCUT2D eigenvalue weighted by molar-refractivity contribution is 5.77. The largest absolute Gasteiger partial charge is 0.391 e. The van der Waals surface area contributed by atoms with Crippen LogP contribution in [0.1, 0.15) is 25.3 Å². The summed E-state index contributed by atoms with van der Waals surface area (Å²) < 4.78 is 2.01. The maximum atomic E-state index is 11.7. The van der Waals surface area contributed by atoms with Crippen LogP contribution in [0.5, 0.6) is 0 Å². The van der Waals surface area contributed by atoms with Gasteiger partial charge in [0.25, 0.3) is 0 Å². The Morgan fingerprint density at radius 3 is 3.00 bits per heavy atom. The van der Waals surface area contributed by atoms with Gasteiger partial charge in [-0.15, -0.1) is 0 Å². The van der Waals surface area contributed by atoms with E-state index < -0.39 is 0 Å². The second-order valence-corrected chi connectivity index (χ2v) is 4.55. The number of aliphatic hydroxyl groups is 1. The van der Waals surface area contributed by atoms with Gasteiger partial charge in [-0.25, -0.2) is 0 Å². The van der Waals surface area contributed by atoms with Gasteiger partial charge in [0.2, 0.25) is 0 Å². The van der Waals surface area contributed by atoms with Gasteiger partial charge in [0, 0.05) is 24.7 Å². The first-order valence-electron chi connectivity index (χ1n) is 5.90. The Morgan fingerprint density at radius 2 is 2.24 bits per heavy atom. The van der Waals surface area contributed by atoms with Gasteiger partial charge < -0.3 is 9.67 Å². The summed E-state index contributed by atoms with van der Waals surface area (Å²) in [6.07, 6.45) is 7.57. The molecule has 1 fully saturated rings. The predicted octanol–water partition coefficient (Wildman–Crippen LogP) is 1.48. The number of nitrogens with zero attached hydrogens (tertiary/aromatic N) is 2. The molecule has 0 radical (unpaired) electrons. The number of aliphatic hydroxyl groups excluding tert-OH is 1. The Labute approximate surface area is 98.5 Å². The molecule has 4 heteroatoms. The molecule has 0 bridgehead atoms. The molecule has 0 unspecified atom stereocenters. The molecule has 1 aliphatic carbocycles. The van der Waals surface area contributed by atoms with Gasteiger partial charge in [0.15, 0.2) is 5.43 Å². The van der Waals surface area contributed by atoms with Crippen LogP contribution in [-0.2, 0) is 0 Å². The van der Waals surface area contributed by atoms with Crippen LogP contribution in [-0.4, -0.2) is 20.8 Å². The molecule has 0 amide bonds. The van der Waals surface area contributed by atoms with Crippen molar-refractivity contribution in [2.24, 2.45) is 0 Å². The van der Waals surface area contributed by atoms with Crippen LogP contribution in [0.25, 0.3) is 10.9 Å². The molecule has 2 aromatic rings. The minimum absolute atomic E-state index is 0.0168. The Morgan fingerprint density at radius 1 is 1.35 bits per heavy atom. The van der Waals surface area contributed by atoms with Crippen molar-refractivity contribution in [3.8, 4) is 0 Å². The Bertz CT molecular complexity index is 606. The molecule has 4 nitrogen and oxygen atoms in total. The lowest BCUT2D eigenvalue weighted by molar-refractivity contribution is 0.138. The van der Waals surface area contributed by atoms with Crippen molar-refractivity contribution in [2.75, 3.05) is 0 Å². The Balaban J connectivity index is 2.23. The van der Waals surface area contributed by atoms with Gasteiger partial charge >= 0.3 is 0 Å². The van der Waals surface area contributed by atoms with E-state index in [1.165, 1.54) is 0 Å². The molecule has 2 atom stereocenters. The monoisotopic (exact) mass is 230 g/mol. The van der Waals surface area contributed by atoms with Crippen LogP contribution >= 0.6 is 0 Å². The molecule has 17 heavy (non-hydrogen) atoms. The molecule has 3 rings (SSSR count). The molecular formula is C13H14N2O2. The standard InChI is InChI=1S/C13H14N2O2/c16-12-5-7-15(11-2-1-3-13(11)17)10-4-6-14-8-9(10)12/h4-8,11,13,17H,1-3H2/t11-,13+/m1/s1. The normalized spacial score (nSPS) is 24.3. The third-order valence-corrected chi connectivity index (χ3v) is 3.53. The fourth-order valence-corrected chi connectivity index (χ4v) is 2.65. The summed E-state index contributed by atoms with van der Waals surface area (Å²) in [6.45, 7) is 0.